The highest BCUT2D eigenvalue weighted by molar-refractivity contribution is 5.68. The lowest BCUT2D eigenvalue weighted by atomic mass is 9.81. The summed E-state index contributed by atoms with van der Waals surface area (Å²) in [4.78, 5) is 13.2. The lowest BCUT2D eigenvalue weighted by Gasteiger charge is -2.44. The number of piperidine rings is 1. The number of likely N-dealkylation sites (tertiary alicyclic amines) is 1. The van der Waals surface area contributed by atoms with Gasteiger partial charge < -0.3 is 15.3 Å². The molecule has 1 heterocycles. The Morgan fingerprint density at radius 2 is 2.33 bits per heavy atom. The SMILES string of the molecule is CCNC1(CC(=O)O)CCN(C)C(C)C1. The summed E-state index contributed by atoms with van der Waals surface area (Å²) in [5, 5.41) is 12.3. The zero-order valence-electron chi connectivity index (χ0n) is 9.92. The fourth-order valence-electron chi connectivity index (χ4n) is 2.48. The minimum atomic E-state index is -0.701. The van der Waals surface area contributed by atoms with Gasteiger partial charge in [-0.1, -0.05) is 6.92 Å². The minimum absolute atomic E-state index is 0.188. The van der Waals surface area contributed by atoms with Crippen LogP contribution in [0, 0.1) is 0 Å². The fraction of sp³-hybridized carbons (Fsp3) is 0.909. The number of carboxylic acids is 1. The smallest absolute Gasteiger partial charge is 0.305 e. The molecule has 15 heavy (non-hydrogen) atoms. The van der Waals surface area contributed by atoms with Crippen molar-refractivity contribution in [3.05, 3.63) is 0 Å². The van der Waals surface area contributed by atoms with Crippen molar-refractivity contribution < 1.29 is 9.90 Å². The van der Waals surface area contributed by atoms with Gasteiger partial charge in [0.15, 0.2) is 0 Å². The maximum Gasteiger partial charge on any atom is 0.305 e. The topological polar surface area (TPSA) is 52.6 Å². The Morgan fingerprint density at radius 1 is 1.67 bits per heavy atom. The van der Waals surface area contributed by atoms with Crippen LogP contribution in [-0.4, -0.2) is 47.7 Å². The summed E-state index contributed by atoms with van der Waals surface area (Å²) >= 11 is 0. The van der Waals surface area contributed by atoms with Gasteiger partial charge in [0.1, 0.15) is 0 Å². The molecule has 0 radical (unpaired) electrons. The molecular formula is C11H22N2O2. The number of nitrogens with zero attached hydrogens (tertiary/aromatic N) is 1. The lowest BCUT2D eigenvalue weighted by molar-refractivity contribution is -0.139. The van der Waals surface area contributed by atoms with Crippen molar-refractivity contribution in [1.29, 1.82) is 0 Å². The number of carbonyl (C=O) groups is 1. The normalized spacial score (nSPS) is 32.9. The third-order valence-electron chi connectivity index (χ3n) is 3.42. The minimum Gasteiger partial charge on any atom is -0.481 e. The molecule has 2 unspecified atom stereocenters. The highest BCUT2D eigenvalue weighted by Gasteiger charge is 2.37. The Balaban J connectivity index is 2.69. The number of rotatable bonds is 4. The zero-order valence-corrected chi connectivity index (χ0v) is 9.92. The summed E-state index contributed by atoms with van der Waals surface area (Å²) in [7, 11) is 2.10. The lowest BCUT2D eigenvalue weighted by Crippen LogP contribution is -2.56. The summed E-state index contributed by atoms with van der Waals surface area (Å²) < 4.78 is 0. The van der Waals surface area contributed by atoms with Crippen LogP contribution in [0.4, 0.5) is 0 Å². The van der Waals surface area contributed by atoms with E-state index in [-0.39, 0.29) is 12.0 Å². The quantitative estimate of drug-likeness (QED) is 0.731. The summed E-state index contributed by atoms with van der Waals surface area (Å²) in [6, 6.07) is 0.456. The fourth-order valence-corrected chi connectivity index (χ4v) is 2.48. The van der Waals surface area contributed by atoms with E-state index in [0.29, 0.717) is 6.04 Å². The number of nitrogens with one attached hydrogen (secondary N) is 1. The van der Waals surface area contributed by atoms with E-state index >= 15 is 0 Å². The van der Waals surface area contributed by atoms with Crippen LogP contribution in [0.25, 0.3) is 0 Å². The predicted molar refractivity (Wildman–Crippen MR) is 60.0 cm³/mol. The van der Waals surface area contributed by atoms with Crippen LogP contribution < -0.4 is 5.32 Å². The monoisotopic (exact) mass is 214 g/mol. The van der Waals surface area contributed by atoms with Gasteiger partial charge in [0.25, 0.3) is 0 Å². The van der Waals surface area contributed by atoms with E-state index in [1.165, 1.54) is 0 Å². The van der Waals surface area contributed by atoms with E-state index in [2.05, 4.69) is 24.2 Å². The maximum absolute atomic E-state index is 10.9. The first-order valence-electron chi connectivity index (χ1n) is 5.66. The number of hydrogen-bond acceptors (Lipinski definition) is 3. The molecule has 88 valence electrons. The molecule has 1 aliphatic rings. The number of carboxylic acid groups (broad SMARTS) is 1. The molecular weight excluding hydrogens is 192 g/mol. The van der Waals surface area contributed by atoms with Crippen molar-refractivity contribution in [2.75, 3.05) is 20.1 Å². The molecule has 2 atom stereocenters. The molecule has 0 aromatic carbocycles. The van der Waals surface area contributed by atoms with Crippen LogP contribution in [0.5, 0.6) is 0 Å². The number of aliphatic carboxylic acids is 1. The molecule has 1 rings (SSSR count). The van der Waals surface area contributed by atoms with Crippen molar-refractivity contribution in [1.82, 2.24) is 10.2 Å². The van der Waals surface area contributed by atoms with Crippen LogP contribution >= 0.6 is 0 Å². The van der Waals surface area contributed by atoms with E-state index in [9.17, 15) is 4.79 Å². The Labute approximate surface area is 91.6 Å². The van der Waals surface area contributed by atoms with Gasteiger partial charge >= 0.3 is 5.97 Å². The van der Waals surface area contributed by atoms with E-state index < -0.39 is 5.97 Å². The molecule has 4 heteroatoms. The van der Waals surface area contributed by atoms with Gasteiger partial charge in [0, 0.05) is 11.6 Å². The van der Waals surface area contributed by atoms with Crippen LogP contribution in [0.15, 0.2) is 0 Å². The second-order valence-electron chi connectivity index (χ2n) is 4.66. The standard InChI is InChI=1S/C11H22N2O2/c1-4-12-11(8-10(14)15)5-6-13(3)9(2)7-11/h9,12H,4-8H2,1-3H3,(H,14,15). The zero-order chi connectivity index (χ0) is 11.5. The molecule has 0 saturated carbocycles. The third-order valence-corrected chi connectivity index (χ3v) is 3.42. The average molecular weight is 214 g/mol. The summed E-state index contributed by atoms with van der Waals surface area (Å²) in [6.45, 7) is 6.00. The van der Waals surface area contributed by atoms with Crippen LogP contribution in [-0.2, 0) is 4.79 Å². The molecule has 0 spiro atoms. The van der Waals surface area contributed by atoms with Gasteiger partial charge in [-0.2, -0.15) is 0 Å². The second kappa shape index (κ2) is 4.94. The van der Waals surface area contributed by atoms with Crippen molar-refractivity contribution in [2.24, 2.45) is 0 Å². The van der Waals surface area contributed by atoms with E-state index in [1.54, 1.807) is 0 Å². The van der Waals surface area contributed by atoms with Gasteiger partial charge in [0.05, 0.1) is 6.42 Å². The van der Waals surface area contributed by atoms with Gasteiger partial charge in [0.2, 0.25) is 0 Å². The largest absolute Gasteiger partial charge is 0.481 e. The maximum atomic E-state index is 10.9. The molecule has 0 aromatic rings. The van der Waals surface area contributed by atoms with Crippen molar-refractivity contribution in [3.63, 3.8) is 0 Å². The molecule has 4 nitrogen and oxygen atoms in total. The number of hydrogen-bond donors (Lipinski definition) is 2. The first kappa shape index (κ1) is 12.5. The summed E-state index contributed by atoms with van der Waals surface area (Å²) in [5.41, 5.74) is -0.188. The molecule has 2 N–H and O–H groups in total. The average Bonchev–Trinajstić information content (AvgIpc) is 2.11. The molecule has 0 amide bonds. The van der Waals surface area contributed by atoms with Crippen LogP contribution in [0.1, 0.15) is 33.1 Å². The summed E-state index contributed by atoms with van der Waals surface area (Å²) in [6.07, 6.45) is 2.08. The second-order valence-corrected chi connectivity index (χ2v) is 4.66. The molecule has 1 fully saturated rings. The van der Waals surface area contributed by atoms with E-state index in [0.717, 1.165) is 25.9 Å². The van der Waals surface area contributed by atoms with E-state index in [1.807, 2.05) is 6.92 Å². The molecule has 0 aromatic heterocycles. The van der Waals surface area contributed by atoms with Gasteiger partial charge in [-0.3, -0.25) is 4.79 Å². The Hall–Kier alpha value is -0.610. The van der Waals surface area contributed by atoms with E-state index in [4.69, 9.17) is 5.11 Å². The molecule has 0 aliphatic carbocycles. The first-order chi connectivity index (χ1) is 6.99. The van der Waals surface area contributed by atoms with Gasteiger partial charge in [-0.25, -0.2) is 0 Å². The van der Waals surface area contributed by atoms with Crippen LogP contribution in [0.2, 0.25) is 0 Å². The Kier molecular flexibility index (Phi) is 4.11. The summed E-state index contributed by atoms with van der Waals surface area (Å²) in [5.74, 6) is -0.701. The first-order valence-corrected chi connectivity index (χ1v) is 5.66. The van der Waals surface area contributed by atoms with Crippen molar-refractivity contribution in [2.45, 2.75) is 44.7 Å². The molecule has 1 saturated heterocycles. The third kappa shape index (κ3) is 3.18. The van der Waals surface area contributed by atoms with Crippen molar-refractivity contribution in [3.8, 4) is 0 Å². The predicted octanol–water partition coefficient (Wildman–Crippen LogP) is 0.924. The Bertz CT molecular complexity index is 233. The highest BCUT2D eigenvalue weighted by atomic mass is 16.4. The van der Waals surface area contributed by atoms with Crippen molar-refractivity contribution >= 4 is 5.97 Å². The molecule has 0 bridgehead atoms. The highest BCUT2D eigenvalue weighted by Crippen LogP contribution is 2.28. The van der Waals surface area contributed by atoms with Crippen LogP contribution in [0.3, 0.4) is 0 Å². The molecule has 1 aliphatic heterocycles. The van der Waals surface area contributed by atoms with Gasteiger partial charge in [-0.05, 0) is 39.9 Å². The van der Waals surface area contributed by atoms with Gasteiger partial charge in [-0.15, -0.1) is 0 Å². The Morgan fingerprint density at radius 3 is 2.80 bits per heavy atom.